The van der Waals surface area contributed by atoms with Crippen molar-refractivity contribution in [3.8, 4) is 0 Å². The van der Waals surface area contributed by atoms with E-state index in [-0.39, 0.29) is 23.3 Å². The summed E-state index contributed by atoms with van der Waals surface area (Å²) in [6, 6.07) is -0.872. The van der Waals surface area contributed by atoms with Crippen LogP contribution in [-0.4, -0.2) is 92.8 Å². The normalized spacial score (nSPS) is 30.1. The summed E-state index contributed by atoms with van der Waals surface area (Å²) in [6.45, 7) is 19.6. The lowest BCUT2D eigenvalue weighted by atomic mass is 9.43. The maximum absolute atomic E-state index is 14.0. The molecule has 5 aliphatic rings. The van der Waals surface area contributed by atoms with Gasteiger partial charge in [-0.1, -0.05) is 39.9 Å². The van der Waals surface area contributed by atoms with Crippen molar-refractivity contribution in [2.24, 2.45) is 17.3 Å². The summed E-state index contributed by atoms with van der Waals surface area (Å²) in [5, 5.41) is 8.76. The molecule has 11 nitrogen and oxygen atoms in total. The highest BCUT2D eigenvalue weighted by Crippen LogP contribution is 2.65. The van der Waals surface area contributed by atoms with Crippen molar-refractivity contribution in [3.05, 3.63) is 0 Å². The molecule has 5 fully saturated rings. The Morgan fingerprint density at radius 2 is 1.82 bits per heavy atom. The molecule has 3 N–H and O–H groups in total. The number of hydrogen-bond acceptors (Lipinski definition) is 7. The molecule has 13 heteroatoms. The first-order valence-electron chi connectivity index (χ1n) is 17.0. The second-order valence-electron chi connectivity index (χ2n) is 16.7. The van der Waals surface area contributed by atoms with Crippen molar-refractivity contribution in [2.45, 2.75) is 148 Å². The average Bonchev–Trinajstić information content (AvgIpc) is 3.54. The van der Waals surface area contributed by atoms with E-state index in [0.717, 1.165) is 25.7 Å². The number of hydrogen-bond donors (Lipinski definition) is 3. The summed E-state index contributed by atoms with van der Waals surface area (Å²) in [7, 11) is -2.38. The number of nitrogens with one attached hydrogen (secondary N) is 3. The van der Waals surface area contributed by atoms with Crippen LogP contribution in [0.25, 0.3) is 0 Å². The minimum Gasteiger partial charge on any atom is -0.444 e. The molecule has 2 heterocycles. The number of alkyl carbamates (subject to hydrolysis) is 1. The highest BCUT2D eigenvalue weighted by molar-refractivity contribution is 6.76. The fourth-order valence-electron chi connectivity index (χ4n) is 8.04. The highest BCUT2D eigenvalue weighted by Gasteiger charge is 2.68. The van der Waals surface area contributed by atoms with Gasteiger partial charge in [-0.2, -0.15) is 0 Å². The topological polar surface area (TPSA) is 135 Å². The molecule has 0 aromatic rings. The van der Waals surface area contributed by atoms with E-state index in [4.69, 9.17) is 14.0 Å². The maximum Gasteiger partial charge on any atom is 0.481 e. The lowest BCUT2D eigenvalue weighted by Gasteiger charge is -2.64. The Kier molecular flexibility index (Phi) is 10.8. The molecular weight excluding hydrogens is 591 g/mol. The van der Waals surface area contributed by atoms with Gasteiger partial charge in [0.05, 0.1) is 17.6 Å². The van der Waals surface area contributed by atoms with E-state index in [1.54, 1.807) is 25.7 Å². The molecule has 4 amide bonds. The molecule has 0 aromatic heterocycles. The molecule has 2 bridgehead atoms. The quantitative estimate of drug-likeness (QED) is 0.157. The van der Waals surface area contributed by atoms with Gasteiger partial charge < -0.3 is 34.9 Å². The number of carbonyl (C=O) groups is 4. The standard InChI is InChI=1S/C32H57BN4O7Si/c1-30(2,3)42-29(41)35-22(19-45(7,8)9)28(40)37-16-12-13-23(37)27(39)36-26(14-10-11-15-34-20-38)33-43-25-18-21-17-24(31(21,4)5)32(25,6)44-33/h20-26H,10-19H2,1-9H3,(H,34,38)(H,35,41)(H,36,39)/t21-,22+,23-,24-,25+,26-,32-/m0/s1. The van der Waals surface area contributed by atoms with Gasteiger partial charge >= 0.3 is 13.2 Å². The zero-order chi connectivity index (χ0) is 33.4. The van der Waals surface area contributed by atoms with E-state index in [2.05, 4.69) is 56.4 Å². The van der Waals surface area contributed by atoms with Gasteiger partial charge in [-0.3, -0.25) is 14.4 Å². The molecule has 2 aliphatic heterocycles. The van der Waals surface area contributed by atoms with Crippen LogP contribution in [0.4, 0.5) is 4.79 Å². The average molecular weight is 649 g/mol. The lowest BCUT2D eigenvalue weighted by Crippen LogP contribution is -2.65. The van der Waals surface area contributed by atoms with Crippen LogP contribution in [0.1, 0.15) is 86.5 Å². The van der Waals surface area contributed by atoms with Crippen LogP contribution in [0, 0.1) is 17.3 Å². The molecular formula is C32H57BN4O7Si. The number of amides is 4. The summed E-state index contributed by atoms with van der Waals surface area (Å²) in [5.41, 5.74) is -0.897. The number of likely N-dealkylation sites (tertiary alicyclic amines) is 1. The van der Waals surface area contributed by atoms with Gasteiger partial charge in [0.25, 0.3) is 0 Å². The molecule has 0 unspecified atom stereocenters. The summed E-state index contributed by atoms with van der Waals surface area (Å²) in [4.78, 5) is 53.0. The van der Waals surface area contributed by atoms with E-state index in [1.165, 1.54) is 0 Å². The van der Waals surface area contributed by atoms with Crippen molar-refractivity contribution in [1.29, 1.82) is 0 Å². The summed E-state index contributed by atoms with van der Waals surface area (Å²) in [6.07, 6.45) is 5.54. The van der Waals surface area contributed by atoms with Crippen molar-refractivity contribution < 1.29 is 33.2 Å². The fourth-order valence-corrected chi connectivity index (χ4v) is 9.54. The van der Waals surface area contributed by atoms with Crippen molar-refractivity contribution in [1.82, 2.24) is 20.9 Å². The van der Waals surface area contributed by atoms with Crippen LogP contribution in [0.2, 0.25) is 25.7 Å². The first kappa shape index (κ1) is 35.7. The molecule has 45 heavy (non-hydrogen) atoms. The van der Waals surface area contributed by atoms with Crippen LogP contribution >= 0.6 is 0 Å². The largest absolute Gasteiger partial charge is 0.481 e. The Hall–Kier alpha value is -2.12. The number of unbranched alkanes of at least 4 members (excludes halogenated alkanes) is 1. The van der Waals surface area contributed by atoms with E-state index in [9.17, 15) is 19.2 Å². The molecule has 2 saturated heterocycles. The second-order valence-corrected chi connectivity index (χ2v) is 22.2. The predicted molar refractivity (Wildman–Crippen MR) is 176 cm³/mol. The SMILES string of the molecule is CC(C)(C)OC(=O)N[C@H](C[Si](C)(C)C)C(=O)N1CCC[C@H]1C(=O)N[C@@H](CCCCNC=O)B1O[C@@H]2C[C@@H]3C[C@@H](C3(C)C)[C@]2(C)O1. The van der Waals surface area contributed by atoms with Crippen molar-refractivity contribution in [3.63, 3.8) is 0 Å². The van der Waals surface area contributed by atoms with E-state index < -0.39 is 50.5 Å². The van der Waals surface area contributed by atoms with Gasteiger partial charge in [-0.25, -0.2) is 4.79 Å². The maximum atomic E-state index is 14.0. The van der Waals surface area contributed by atoms with E-state index in [1.807, 2.05) is 0 Å². The molecule has 0 aromatic carbocycles. The second kappa shape index (κ2) is 13.5. The highest BCUT2D eigenvalue weighted by atomic mass is 28.3. The van der Waals surface area contributed by atoms with Gasteiger partial charge in [-0.15, -0.1) is 0 Å². The van der Waals surface area contributed by atoms with Crippen LogP contribution < -0.4 is 16.0 Å². The number of ether oxygens (including phenoxy) is 1. The Balaban J connectivity index is 1.47. The lowest BCUT2D eigenvalue weighted by molar-refractivity contribution is -0.199. The molecule has 3 aliphatic carbocycles. The van der Waals surface area contributed by atoms with Crippen LogP contribution in [0.3, 0.4) is 0 Å². The fraction of sp³-hybridized carbons (Fsp3) is 0.875. The van der Waals surface area contributed by atoms with Crippen molar-refractivity contribution >= 4 is 39.5 Å². The van der Waals surface area contributed by atoms with E-state index >= 15 is 0 Å². The third kappa shape index (κ3) is 8.25. The smallest absolute Gasteiger partial charge is 0.444 e. The third-order valence-electron chi connectivity index (χ3n) is 10.4. The molecule has 0 spiro atoms. The van der Waals surface area contributed by atoms with Crippen LogP contribution in [0.15, 0.2) is 0 Å². The van der Waals surface area contributed by atoms with Gasteiger partial charge in [0.2, 0.25) is 18.2 Å². The van der Waals surface area contributed by atoms with Crippen LogP contribution in [0.5, 0.6) is 0 Å². The van der Waals surface area contributed by atoms with Gasteiger partial charge in [0.15, 0.2) is 0 Å². The predicted octanol–water partition coefficient (Wildman–Crippen LogP) is 3.88. The molecule has 3 saturated carbocycles. The monoisotopic (exact) mass is 648 g/mol. The number of carbonyl (C=O) groups excluding carboxylic acids is 4. The van der Waals surface area contributed by atoms with Crippen LogP contribution in [-0.2, 0) is 28.4 Å². The Labute approximate surface area is 271 Å². The van der Waals surface area contributed by atoms with Gasteiger partial charge in [0, 0.05) is 21.2 Å². The number of rotatable bonds is 13. The summed E-state index contributed by atoms with van der Waals surface area (Å²) < 4.78 is 18.8. The molecule has 0 radical (unpaired) electrons. The summed E-state index contributed by atoms with van der Waals surface area (Å²) >= 11 is 0. The Morgan fingerprint density at radius 1 is 1.11 bits per heavy atom. The third-order valence-corrected chi connectivity index (χ3v) is 12.1. The Bertz CT molecular complexity index is 1110. The minimum absolute atomic E-state index is 0.0128. The first-order valence-corrected chi connectivity index (χ1v) is 20.7. The van der Waals surface area contributed by atoms with Crippen molar-refractivity contribution in [2.75, 3.05) is 13.1 Å². The zero-order valence-electron chi connectivity index (χ0n) is 29.0. The number of nitrogens with zero attached hydrogens (tertiary/aromatic N) is 1. The zero-order valence-corrected chi connectivity index (χ0v) is 30.0. The van der Waals surface area contributed by atoms with Gasteiger partial charge in [0.1, 0.15) is 17.7 Å². The molecule has 254 valence electrons. The van der Waals surface area contributed by atoms with Gasteiger partial charge in [-0.05, 0) is 89.5 Å². The molecule has 7 atom stereocenters. The minimum atomic E-state index is -1.79. The first-order chi connectivity index (χ1) is 20.9. The Morgan fingerprint density at radius 3 is 2.44 bits per heavy atom. The summed E-state index contributed by atoms with van der Waals surface area (Å²) in [5.74, 6) is 0.146. The molecule has 5 rings (SSSR count). The van der Waals surface area contributed by atoms with E-state index in [0.29, 0.717) is 56.6 Å².